The van der Waals surface area contributed by atoms with E-state index in [-0.39, 0.29) is 17.4 Å². The van der Waals surface area contributed by atoms with E-state index in [0.29, 0.717) is 13.2 Å². The van der Waals surface area contributed by atoms with Gasteiger partial charge >= 0.3 is 0 Å². The van der Waals surface area contributed by atoms with Crippen LogP contribution in [-0.2, 0) is 20.5 Å². The summed E-state index contributed by atoms with van der Waals surface area (Å²) >= 11 is 0. The zero-order chi connectivity index (χ0) is 23.2. The van der Waals surface area contributed by atoms with E-state index in [0.717, 1.165) is 19.3 Å². The van der Waals surface area contributed by atoms with E-state index in [1.807, 2.05) is 18.2 Å². The predicted molar refractivity (Wildman–Crippen MR) is 137 cm³/mol. The molecule has 1 aliphatic heterocycles. The highest BCUT2D eigenvalue weighted by Gasteiger charge is 2.50. The summed E-state index contributed by atoms with van der Waals surface area (Å²) in [5.74, 6) is 0. The fourth-order valence-corrected chi connectivity index (χ4v) is 9.44. The third-order valence-corrected chi connectivity index (χ3v) is 11.5. The van der Waals surface area contributed by atoms with Crippen molar-refractivity contribution in [2.75, 3.05) is 6.61 Å². The van der Waals surface area contributed by atoms with Gasteiger partial charge in [-0.05, 0) is 40.2 Å². The van der Waals surface area contributed by atoms with Gasteiger partial charge in [0.1, 0.15) is 0 Å². The van der Waals surface area contributed by atoms with E-state index in [1.54, 1.807) is 0 Å². The minimum atomic E-state index is -2.55. The highest BCUT2D eigenvalue weighted by atomic mass is 28.4. The zero-order valence-electron chi connectivity index (χ0n) is 20.1. The molecule has 174 valence electrons. The van der Waals surface area contributed by atoms with E-state index in [4.69, 9.17) is 13.9 Å². The van der Waals surface area contributed by atoms with Crippen molar-refractivity contribution in [1.82, 2.24) is 0 Å². The summed E-state index contributed by atoms with van der Waals surface area (Å²) in [6.07, 6.45) is 2.90. The normalized spacial score (nSPS) is 19.4. The van der Waals surface area contributed by atoms with Gasteiger partial charge in [0.15, 0.2) is 6.29 Å². The van der Waals surface area contributed by atoms with Crippen LogP contribution in [0.5, 0.6) is 0 Å². The molecule has 0 spiro atoms. The van der Waals surface area contributed by atoms with Crippen LogP contribution in [0.2, 0.25) is 5.04 Å². The number of benzene rings is 3. The average Bonchev–Trinajstić information content (AvgIpc) is 2.85. The molecule has 0 aromatic heterocycles. The van der Waals surface area contributed by atoms with E-state index < -0.39 is 8.32 Å². The van der Waals surface area contributed by atoms with Crippen molar-refractivity contribution >= 4 is 18.7 Å². The van der Waals surface area contributed by atoms with Crippen molar-refractivity contribution in [3.8, 4) is 0 Å². The van der Waals surface area contributed by atoms with Gasteiger partial charge in [-0.2, -0.15) is 0 Å². The summed E-state index contributed by atoms with van der Waals surface area (Å²) in [6, 6.07) is 31.9. The van der Waals surface area contributed by atoms with Crippen molar-refractivity contribution in [2.24, 2.45) is 0 Å². The van der Waals surface area contributed by atoms with E-state index in [1.165, 1.54) is 15.9 Å². The summed E-state index contributed by atoms with van der Waals surface area (Å²) in [7, 11) is -2.55. The lowest BCUT2D eigenvalue weighted by atomic mass is 10.1. The van der Waals surface area contributed by atoms with Gasteiger partial charge in [0.2, 0.25) is 0 Å². The first-order chi connectivity index (χ1) is 16.0. The first-order valence-electron chi connectivity index (χ1n) is 12.0. The maximum atomic E-state index is 7.08. The fraction of sp³-hybridized carbons (Fsp3) is 0.379. The maximum absolute atomic E-state index is 7.08. The second kappa shape index (κ2) is 10.8. The smallest absolute Gasteiger partial charge is 0.261 e. The van der Waals surface area contributed by atoms with Crippen LogP contribution in [0, 0.1) is 0 Å². The summed E-state index contributed by atoms with van der Waals surface area (Å²) in [4.78, 5) is 0. The Hall–Kier alpha value is -2.24. The first kappa shape index (κ1) is 23.9. The molecule has 1 fully saturated rings. The lowest BCUT2D eigenvalue weighted by Crippen LogP contribution is -2.67. The minimum Gasteiger partial charge on any atom is -0.405 e. The largest absolute Gasteiger partial charge is 0.405 e. The van der Waals surface area contributed by atoms with Crippen LogP contribution in [0.3, 0.4) is 0 Å². The number of hydrogen-bond acceptors (Lipinski definition) is 3. The molecule has 33 heavy (non-hydrogen) atoms. The maximum Gasteiger partial charge on any atom is 0.261 e. The Bertz CT molecular complexity index is 931. The zero-order valence-corrected chi connectivity index (χ0v) is 21.1. The molecule has 1 aliphatic rings. The molecule has 0 amide bonds. The van der Waals surface area contributed by atoms with Gasteiger partial charge in [0.25, 0.3) is 8.32 Å². The molecule has 0 radical (unpaired) electrons. The number of rotatable bonds is 8. The van der Waals surface area contributed by atoms with Crippen LogP contribution in [0.1, 0.15) is 45.6 Å². The van der Waals surface area contributed by atoms with E-state index >= 15 is 0 Å². The van der Waals surface area contributed by atoms with Crippen molar-refractivity contribution in [3.63, 3.8) is 0 Å². The Morgan fingerprint density at radius 1 is 0.788 bits per heavy atom. The Morgan fingerprint density at radius 2 is 1.33 bits per heavy atom. The quantitative estimate of drug-likeness (QED) is 0.405. The molecule has 4 rings (SSSR count). The molecule has 2 atom stereocenters. The van der Waals surface area contributed by atoms with Crippen LogP contribution in [-0.4, -0.2) is 27.3 Å². The van der Waals surface area contributed by atoms with Gasteiger partial charge in [0.05, 0.1) is 19.3 Å². The Labute approximate surface area is 199 Å². The molecular weight excluding hydrogens is 424 g/mol. The van der Waals surface area contributed by atoms with Crippen LogP contribution >= 0.6 is 0 Å². The molecule has 0 N–H and O–H groups in total. The van der Waals surface area contributed by atoms with Crippen LogP contribution in [0.15, 0.2) is 91.0 Å². The Morgan fingerprint density at radius 3 is 1.88 bits per heavy atom. The molecule has 1 heterocycles. The third-order valence-electron chi connectivity index (χ3n) is 6.49. The minimum absolute atomic E-state index is 0.0341. The molecule has 0 bridgehead atoms. The number of ether oxygens (including phenoxy) is 2. The van der Waals surface area contributed by atoms with Crippen molar-refractivity contribution in [3.05, 3.63) is 96.6 Å². The lowest BCUT2D eigenvalue weighted by Gasteiger charge is -2.44. The van der Waals surface area contributed by atoms with E-state index in [2.05, 4.69) is 93.6 Å². The second-order valence-electron chi connectivity index (χ2n) is 9.89. The van der Waals surface area contributed by atoms with Gasteiger partial charge in [-0.25, -0.2) is 0 Å². The molecule has 4 heteroatoms. The molecular formula is C29H36O3Si. The molecule has 0 saturated carbocycles. The molecule has 3 aromatic rings. The monoisotopic (exact) mass is 460 g/mol. The first-order valence-corrected chi connectivity index (χ1v) is 14.0. The average molecular weight is 461 g/mol. The van der Waals surface area contributed by atoms with Crippen LogP contribution in [0.25, 0.3) is 0 Å². The van der Waals surface area contributed by atoms with Gasteiger partial charge in [-0.3, -0.25) is 0 Å². The summed E-state index contributed by atoms with van der Waals surface area (Å²) in [5.41, 5.74) is 1.17. The van der Waals surface area contributed by atoms with Crippen molar-refractivity contribution in [2.45, 2.75) is 64.1 Å². The second-order valence-corrected chi connectivity index (χ2v) is 14.2. The Kier molecular flexibility index (Phi) is 7.81. The van der Waals surface area contributed by atoms with Crippen LogP contribution in [0.4, 0.5) is 0 Å². The van der Waals surface area contributed by atoms with Gasteiger partial charge in [-0.1, -0.05) is 112 Å². The predicted octanol–water partition coefficient (Wildman–Crippen LogP) is 5.68. The molecule has 3 nitrogen and oxygen atoms in total. The Balaban J connectivity index is 1.51. The summed E-state index contributed by atoms with van der Waals surface area (Å²) in [6.45, 7) is 8.10. The SMILES string of the molecule is CC(C)(C)[Si](OC[C@@H]1CCCC(OCc2ccccc2)O1)(c1ccccc1)c1ccccc1. The van der Waals surface area contributed by atoms with Crippen LogP contribution < -0.4 is 10.4 Å². The topological polar surface area (TPSA) is 27.7 Å². The standard InChI is InChI=1S/C29H36O3Si/c1-29(2,3)33(26-17-9-5-10-18-26,27-19-11-6-12-20-27)31-23-25-16-13-21-28(32-25)30-22-24-14-7-4-8-15-24/h4-12,14-15,17-20,25,28H,13,16,21-23H2,1-3H3/t25-,28?/m0/s1. The van der Waals surface area contributed by atoms with Gasteiger partial charge in [0, 0.05) is 0 Å². The lowest BCUT2D eigenvalue weighted by molar-refractivity contribution is -0.205. The van der Waals surface area contributed by atoms with Crippen molar-refractivity contribution in [1.29, 1.82) is 0 Å². The molecule has 3 aromatic carbocycles. The molecule has 1 unspecified atom stereocenters. The fourth-order valence-electron chi connectivity index (χ4n) is 4.85. The molecule has 0 aliphatic carbocycles. The van der Waals surface area contributed by atoms with E-state index in [9.17, 15) is 0 Å². The van der Waals surface area contributed by atoms with Gasteiger partial charge < -0.3 is 13.9 Å². The highest BCUT2D eigenvalue weighted by Crippen LogP contribution is 2.37. The summed E-state index contributed by atoms with van der Waals surface area (Å²) < 4.78 is 19.5. The summed E-state index contributed by atoms with van der Waals surface area (Å²) in [5, 5.41) is 2.57. The number of hydrogen-bond donors (Lipinski definition) is 0. The highest BCUT2D eigenvalue weighted by molar-refractivity contribution is 6.99. The third kappa shape index (κ3) is 5.64. The van der Waals surface area contributed by atoms with Crippen molar-refractivity contribution < 1.29 is 13.9 Å². The molecule has 1 saturated heterocycles. The van der Waals surface area contributed by atoms with Gasteiger partial charge in [-0.15, -0.1) is 0 Å².